The molecule has 0 aliphatic heterocycles. The average molecular weight is 741 g/mol. The van der Waals surface area contributed by atoms with Crippen molar-refractivity contribution in [3.8, 4) is 0 Å². The third-order valence-corrected chi connectivity index (χ3v) is 9.34. The Bertz CT molecular complexity index is 1450. The SMILES string of the molecule is CCCCCCCCCCCC(=O)Nc1ccccc1NC(=O)Nc1ccccc1NC(=O)Nc1ccccc1NC(=O)CCCCCCCCCCC. The number of hydrogen-bond donors (Lipinski definition) is 6. The molecule has 0 aliphatic carbocycles. The maximum atomic E-state index is 13.1. The van der Waals surface area contributed by atoms with Crippen molar-refractivity contribution >= 4 is 58.0 Å². The van der Waals surface area contributed by atoms with Crippen molar-refractivity contribution < 1.29 is 19.2 Å². The molecule has 0 aromatic heterocycles. The minimum atomic E-state index is -0.537. The minimum absolute atomic E-state index is 0.0897. The Morgan fingerprint density at radius 2 is 0.556 bits per heavy atom. The van der Waals surface area contributed by atoms with Gasteiger partial charge in [-0.15, -0.1) is 0 Å². The van der Waals surface area contributed by atoms with Gasteiger partial charge in [0.05, 0.1) is 34.1 Å². The van der Waals surface area contributed by atoms with Crippen molar-refractivity contribution in [1.29, 1.82) is 0 Å². The Kier molecular flexibility index (Phi) is 21.6. The fourth-order valence-electron chi connectivity index (χ4n) is 6.27. The molecular weight excluding hydrogens is 677 g/mol. The fraction of sp³-hybridized carbons (Fsp3) is 0.500. The summed E-state index contributed by atoms with van der Waals surface area (Å²) in [6, 6.07) is 19.9. The van der Waals surface area contributed by atoms with Crippen LogP contribution in [0.3, 0.4) is 0 Å². The van der Waals surface area contributed by atoms with Crippen LogP contribution in [0.5, 0.6) is 0 Å². The van der Waals surface area contributed by atoms with E-state index in [1.165, 1.54) is 77.0 Å². The number of nitrogens with one attached hydrogen (secondary N) is 6. The monoisotopic (exact) mass is 740 g/mol. The van der Waals surface area contributed by atoms with Gasteiger partial charge in [0, 0.05) is 12.8 Å². The second-order valence-corrected chi connectivity index (χ2v) is 14.0. The molecule has 10 heteroatoms. The van der Waals surface area contributed by atoms with Crippen LogP contribution in [0.1, 0.15) is 142 Å². The van der Waals surface area contributed by atoms with Crippen LogP contribution in [-0.4, -0.2) is 23.9 Å². The highest BCUT2D eigenvalue weighted by molar-refractivity contribution is 6.08. The van der Waals surface area contributed by atoms with Crippen LogP contribution in [0.2, 0.25) is 0 Å². The second kappa shape index (κ2) is 26.8. The number of carbonyl (C=O) groups excluding carboxylic acids is 4. The molecule has 0 saturated carbocycles. The van der Waals surface area contributed by atoms with Crippen LogP contribution in [0.4, 0.5) is 43.7 Å². The van der Waals surface area contributed by atoms with E-state index >= 15 is 0 Å². The molecule has 3 aromatic carbocycles. The van der Waals surface area contributed by atoms with Gasteiger partial charge < -0.3 is 31.9 Å². The third-order valence-electron chi connectivity index (χ3n) is 9.34. The Hall–Kier alpha value is -4.86. The molecule has 6 N–H and O–H groups in total. The number of anilines is 6. The molecule has 0 unspecified atom stereocenters. The summed E-state index contributed by atoms with van der Waals surface area (Å²) in [5, 5.41) is 17.1. The van der Waals surface area contributed by atoms with Gasteiger partial charge >= 0.3 is 12.1 Å². The number of hydrogen-bond acceptors (Lipinski definition) is 4. The number of amides is 6. The zero-order valence-corrected chi connectivity index (χ0v) is 32.7. The van der Waals surface area contributed by atoms with Gasteiger partial charge in [-0.1, -0.05) is 153 Å². The van der Waals surface area contributed by atoms with E-state index in [0.717, 1.165) is 38.5 Å². The zero-order chi connectivity index (χ0) is 38.6. The van der Waals surface area contributed by atoms with Crippen LogP contribution < -0.4 is 31.9 Å². The number of unbranched alkanes of at least 4 members (excludes halogenated alkanes) is 16. The molecule has 0 heterocycles. The molecular formula is C44H64N6O4. The highest BCUT2D eigenvalue weighted by Crippen LogP contribution is 2.26. The van der Waals surface area contributed by atoms with Gasteiger partial charge in [-0.05, 0) is 49.2 Å². The van der Waals surface area contributed by atoms with E-state index in [4.69, 9.17) is 0 Å². The quantitative estimate of drug-likeness (QED) is 0.0456. The molecule has 294 valence electrons. The summed E-state index contributed by atoms with van der Waals surface area (Å²) in [5.41, 5.74) is 2.68. The van der Waals surface area contributed by atoms with Crippen molar-refractivity contribution in [2.45, 2.75) is 142 Å². The molecule has 0 atom stereocenters. The molecule has 54 heavy (non-hydrogen) atoms. The largest absolute Gasteiger partial charge is 0.324 e. The third kappa shape index (κ3) is 18.3. The van der Waals surface area contributed by atoms with E-state index in [-0.39, 0.29) is 11.8 Å². The molecule has 3 aromatic rings. The number of rotatable bonds is 26. The van der Waals surface area contributed by atoms with Gasteiger partial charge in [0.1, 0.15) is 0 Å². The molecule has 6 amide bonds. The van der Waals surface area contributed by atoms with E-state index in [0.29, 0.717) is 47.0 Å². The molecule has 3 rings (SSSR count). The summed E-state index contributed by atoms with van der Waals surface area (Å²) in [5.74, 6) is -0.179. The maximum absolute atomic E-state index is 13.1. The predicted octanol–water partition coefficient (Wildman–Crippen LogP) is 12.7. The fourth-order valence-corrected chi connectivity index (χ4v) is 6.27. The van der Waals surface area contributed by atoms with Gasteiger partial charge in [0.15, 0.2) is 0 Å². The molecule has 0 aliphatic rings. The van der Waals surface area contributed by atoms with Crippen LogP contribution >= 0.6 is 0 Å². The summed E-state index contributed by atoms with van der Waals surface area (Å²) in [6.07, 6.45) is 22.1. The van der Waals surface area contributed by atoms with E-state index in [1.54, 1.807) is 72.8 Å². The Morgan fingerprint density at radius 3 is 0.815 bits per heavy atom. The van der Waals surface area contributed by atoms with Gasteiger partial charge in [0.25, 0.3) is 0 Å². The minimum Gasteiger partial charge on any atom is -0.324 e. The smallest absolute Gasteiger partial charge is 0.323 e. The van der Waals surface area contributed by atoms with Crippen molar-refractivity contribution in [2.24, 2.45) is 0 Å². The van der Waals surface area contributed by atoms with Gasteiger partial charge in [-0.25, -0.2) is 9.59 Å². The molecule has 0 spiro atoms. The summed E-state index contributed by atoms with van der Waals surface area (Å²) >= 11 is 0. The molecule has 0 fully saturated rings. The van der Waals surface area contributed by atoms with Crippen LogP contribution in [0.25, 0.3) is 0 Å². The van der Waals surface area contributed by atoms with E-state index < -0.39 is 12.1 Å². The summed E-state index contributed by atoms with van der Waals surface area (Å²) in [6.45, 7) is 4.45. The van der Waals surface area contributed by atoms with E-state index in [2.05, 4.69) is 45.7 Å². The summed E-state index contributed by atoms with van der Waals surface area (Å²) in [7, 11) is 0. The van der Waals surface area contributed by atoms with E-state index in [9.17, 15) is 19.2 Å². The molecule has 10 nitrogen and oxygen atoms in total. The first-order valence-corrected chi connectivity index (χ1v) is 20.4. The Morgan fingerprint density at radius 1 is 0.333 bits per heavy atom. The van der Waals surface area contributed by atoms with E-state index in [1.807, 2.05) is 0 Å². The van der Waals surface area contributed by atoms with Gasteiger partial charge in [-0.3, -0.25) is 9.59 Å². The number of carbonyl (C=O) groups is 4. The lowest BCUT2D eigenvalue weighted by Crippen LogP contribution is -2.24. The lowest BCUT2D eigenvalue weighted by Gasteiger charge is -2.16. The first kappa shape index (κ1) is 43.5. The van der Waals surface area contributed by atoms with Crippen molar-refractivity contribution in [3.05, 3.63) is 72.8 Å². The number of para-hydroxylation sites is 6. The zero-order valence-electron chi connectivity index (χ0n) is 32.7. The highest BCUT2D eigenvalue weighted by atomic mass is 16.2. The Balaban J connectivity index is 1.45. The maximum Gasteiger partial charge on any atom is 0.323 e. The number of urea groups is 2. The van der Waals surface area contributed by atoms with Crippen molar-refractivity contribution in [1.82, 2.24) is 0 Å². The normalized spacial score (nSPS) is 10.7. The highest BCUT2D eigenvalue weighted by Gasteiger charge is 2.14. The summed E-state index contributed by atoms with van der Waals surface area (Å²) in [4.78, 5) is 51.6. The summed E-state index contributed by atoms with van der Waals surface area (Å²) < 4.78 is 0. The molecule has 0 radical (unpaired) electrons. The van der Waals surface area contributed by atoms with Crippen LogP contribution in [0.15, 0.2) is 72.8 Å². The topological polar surface area (TPSA) is 140 Å². The van der Waals surface area contributed by atoms with Crippen LogP contribution in [0, 0.1) is 0 Å². The lowest BCUT2D eigenvalue weighted by molar-refractivity contribution is -0.117. The average Bonchev–Trinajstić information content (AvgIpc) is 3.16. The molecule has 0 bridgehead atoms. The standard InChI is InChI=1S/C44H64N6O4/c1-3-5-7-9-11-13-15-17-19-33-41(51)45-35-27-21-23-29-37(35)47-43(53)49-39-31-25-26-32-40(39)50-44(54)48-38-30-24-22-28-36(38)46-42(52)34-20-18-16-14-12-10-8-6-4-2/h21-32H,3-20,33-34H2,1-2H3,(H,45,51)(H,46,52)(H2,47,49,53)(H2,48,50,54). The van der Waals surface area contributed by atoms with Crippen molar-refractivity contribution in [3.63, 3.8) is 0 Å². The number of benzene rings is 3. The lowest BCUT2D eigenvalue weighted by atomic mass is 10.1. The first-order chi connectivity index (χ1) is 26.4. The van der Waals surface area contributed by atoms with Gasteiger partial charge in [0.2, 0.25) is 11.8 Å². The van der Waals surface area contributed by atoms with Gasteiger partial charge in [-0.2, -0.15) is 0 Å². The van der Waals surface area contributed by atoms with Crippen LogP contribution in [-0.2, 0) is 9.59 Å². The molecule has 0 saturated heterocycles. The second-order valence-electron chi connectivity index (χ2n) is 14.0. The van der Waals surface area contributed by atoms with Crippen molar-refractivity contribution in [2.75, 3.05) is 31.9 Å². The predicted molar refractivity (Wildman–Crippen MR) is 226 cm³/mol. The Labute approximate surface area is 323 Å². The first-order valence-electron chi connectivity index (χ1n) is 20.4.